The molecule has 0 saturated heterocycles. The van der Waals surface area contributed by atoms with Gasteiger partial charge in [-0.1, -0.05) is 31.2 Å². The standard InChI is InChI=1S/C15H23NO/c1-5-16(12-13(2)3)11-10-14-6-8-15(17-4)9-7-14/h6-9H,2,5,10-12H2,1,3-4H3. The fourth-order valence-corrected chi connectivity index (χ4v) is 1.81. The number of nitrogens with zero attached hydrogens (tertiary/aromatic N) is 1. The molecular weight excluding hydrogens is 210 g/mol. The lowest BCUT2D eigenvalue weighted by Gasteiger charge is -2.20. The lowest BCUT2D eigenvalue weighted by atomic mass is 10.1. The highest BCUT2D eigenvalue weighted by atomic mass is 16.5. The Morgan fingerprint density at radius 3 is 2.41 bits per heavy atom. The van der Waals surface area contributed by atoms with Crippen molar-refractivity contribution in [3.8, 4) is 5.75 Å². The average molecular weight is 233 g/mol. The maximum absolute atomic E-state index is 5.15. The van der Waals surface area contributed by atoms with E-state index in [1.54, 1.807) is 7.11 Å². The second-order valence-electron chi connectivity index (χ2n) is 4.42. The number of methoxy groups -OCH3 is 1. The average Bonchev–Trinajstić information content (AvgIpc) is 2.34. The molecule has 0 aliphatic heterocycles. The molecule has 0 bridgehead atoms. The van der Waals surface area contributed by atoms with Crippen molar-refractivity contribution < 1.29 is 4.74 Å². The molecular formula is C15H23NO. The number of likely N-dealkylation sites (N-methyl/N-ethyl adjacent to an activating group) is 1. The van der Waals surface area contributed by atoms with Gasteiger partial charge in [-0.15, -0.1) is 0 Å². The lowest BCUT2D eigenvalue weighted by molar-refractivity contribution is 0.316. The highest BCUT2D eigenvalue weighted by Gasteiger charge is 2.03. The summed E-state index contributed by atoms with van der Waals surface area (Å²) in [5.74, 6) is 0.919. The predicted molar refractivity (Wildman–Crippen MR) is 73.6 cm³/mol. The van der Waals surface area contributed by atoms with Crippen LogP contribution in [0.25, 0.3) is 0 Å². The van der Waals surface area contributed by atoms with Crippen LogP contribution in [0.15, 0.2) is 36.4 Å². The summed E-state index contributed by atoms with van der Waals surface area (Å²) < 4.78 is 5.15. The number of rotatable bonds is 7. The highest BCUT2D eigenvalue weighted by Crippen LogP contribution is 2.12. The fraction of sp³-hybridized carbons (Fsp3) is 0.467. The Labute approximate surface area is 105 Å². The van der Waals surface area contributed by atoms with Crippen molar-refractivity contribution in [1.82, 2.24) is 4.90 Å². The molecule has 0 fully saturated rings. The number of benzene rings is 1. The van der Waals surface area contributed by atoms with E-state index in [-0.39, 0.29) is 0 Å². The first-order valence-corrected chi connectivity index (χ1v) is 6.15. The van der Waals surface area contributed by atoms with Crippen LogP contribution >= 0.6 is 0 Å². The van der Waals surface area contributed by atoms with E-state index in [4.69, 9.17) is 4.74 Å². The Hall–Kier alpha value is -1.28. The molecule has 94 valence electrons. The minimum atomic E-state index is 0.919. The maximum atomic E-state index is 5.15. The predicted octanol–water partition coefficient (Wildman–Crippen LogP) is 3.14. The van der Waals surface area contributed by atoms with Gasteiger partial charge in [0.2, 0.25) is 0 Å². The summed E-state index contributed by atoms with van der Waals surface area (Å²) >= 11 is 0. The van der Waals surface area contributed by atoms with E-state index in [9.17, 15) is 0 Å². The lowest BCUT2D eigenvalue weighted by Crippen LogP contribution is -2.27. The van der Waals surface area contributed by atoms with Crippen LogP contribution in [-0.2, 0) is 6.42 Å². The van der Waals surface area contributed by atoms with E-state index in [0.717, 1.165) is 31.8 Å². The molecule has 0 aromatic heterocycles. The van der Waals surface area contributed by atoms with E-state index < -0.39 is 0 Å². The first-order chi connectivity index (χ1) is 8.15. The molecule has 0 amide bonds. The van der Waals surface area contributed by atoms with Crippen molar-refractivity contribution in [1.29, 1.82) is 0 Å². The summed E-state index contributed by atoms with van der Waals surface area (Å²) in [6, 6.07) is 8.30. The smallest absolute Gasteiger partial charge is 0.118 e. The summed E-state index contributed by atoms with van der Waals surface area (Å²) in [5.41, 5.74) is 2.58. The summed E-state index contributed by atoms with van der Waals surface area (Å²) in [6.45, 7) is 11.4. The van der Waals surface area contributed by atoms with Gasteiger partial charge in [-0.2, -0.15) is 0 Å². The van der Waals surface area contributed by atoms with Gasteiger partial charge in [0.25, 0.3) is 0 Å². The highest BCUT2D eigenvalue weighted by molar-refractivity contribution is 5.27. The Balaban J connectivity index is 2.44. The van der Waals surface area contributed by atoms with Crippen LogP contribution < -0.4 is 4.74 Å². The summed E-state index contributed by atoms with van der Waals surface area (Å²) in [5, 5.41) is 0. The van der Waals surface area contributed by atoms with Crippen molar-refractivity contribution in [2.24, 2.45) is 0 Å². The Bertz CT molecular complexity index is 342. The molecule has 0 spiro atoms. The van der Waals surface area contributed by atoms with E-state index in [1.165, 1.54) is 11.1 Å². The first kappa shape index (κ1) is 13.8. The first-order valence-electron chi connectivity index (χ1n) is 6.15. The van der Waals surface area contributed by atoms with Gasteiger partial charge in [0, 0.05) is 13.1 Å². The van der Waals surface area contributed by atoms with Gasteiger partial charge in [0.15, 0.2) is 0 Å². The molecule has 0 N–H and O–H groups in total. The molecule has 0 aliphatic carbocycles. The molecule has 0 saturated carbocycles. The van der Waals surface area contributed by atoms with Crippen molar-refractivity contribution in [2.45, 2.75) is 20.3 Å². The molecule has 0 heterocycles. The normalized spacial score (nSPS) is 10.6. The van der Waals surface area contributed by atoms with Crippen LogP contribution in [0.1, 0.15) is 19.4 Å². The Kier molecular flexibility index (Phi) is 5.78. The third kappa shape index (κ3) is 5.05. The molecule has 1 rings (SSSR count). The van der Waals surface area contributed by atoms with Gasteiger partial charge in [-0.05, 0) is 37.6 Å². The zero-order valence-corrected chi connectivity index (χ0v) is 11.2. The monoisotopic (exact) mass is 233 g/mol. The molecule has 0 aliphatic rings. The van der Waals surface area contributed by atoms with Gasteiger partial charge in [0.05, 0.1) is 7.11 Å². The topological polar surface area (TPSA) is 12.5 Å². The van der Waals surface area contributed by atoms with Crippen LogP contribution in [0, 0.1) is 0 Å². The van der Waals surface area contributed by atoms with Crippen LogP contribution in [0.4, 0.5) is 0 Å². The van der Waals surface area contributed by atoms with Gasteiger partial charge in [-0.3, -0.25) is 4.90 Å². The third-order valence-corrected chi connectivity index (χ3v) is 2.82. The summed E-state index contributed by atoms with van der Waals surface area (Å²) in [7, 11) is 1.70. The van der Waals surface area contributed by atoms with E-state index in [1.807, 2.05) is 12.1 Å². The number of ether oxygens (including phenoxy) is 1. The van der Waals surface area contributed by atoms with Crippen molar-refractivity contribution in [3.63, 3.8) is 0 Å². The molecule has 2 nitrogen and oxygen atoms in total. The molecule has 0 radical (unpaired) electrons. The molecule has 17 heavy (non-hydrogen) atoms. The van der Waals surface area contributed by atoms with Gasteiger partial charge >= 0.3 is 0 Å². The summed E-state index contributed by atoms with van der Waals surface area (Å²) in [6.07, 6.45) is 1.07. The van der Waals surface area contributed by atoms with Crippen LogP contribution in [0.3, 0.4) is 0 Å². The van der Waals surface area contributed by atoms with Crippen molar-refractivity contribution >= 4 is 0 Å². The third-order valence-electron chi connectivity index (χ3n) is 2.82. The zero-order chi connectivity index (χ0) is 12.7. The minimum absolute atomic E-state index is 0.919. The van der Waals surface area contributed by atoms with E-state index in [0.29, 0.717) is 0 Å². The maximum Gasteiger partial charge on any atom is 0.118 e. The molecule has 0 atom stereocenters. The molecule has 0 unspecified atom stereocenters. The van der Waals surface area contributed by atoms with E-state index in [2.05, 4.69) is 37.5 Å². The number of hydrogen-bond donors (Lipinski definition) is 0. The SMILES string of the molecule is C=C(C)CN(CC)CCc1ccc(OC)cc1. The second-order valence-corrected chi connectivity index (χ2v) is 4.42. The van der Waals surface area contributed by atoms with Crippen molar-refractivity contribution in [2.75, 3.05) is 26.7 Å². The zero-order valence-electron chi connectivity index (χ0n) is 11.2. The van der Waals surface area contributed by atoms with Crippen LogP contribution in [0.5, 0.6) is 5.75 Å². The fourth-order valence-electron chi connectivity index (χ4n) is 1.81. The molecule has 1 aromatic rings. The quantitative estimate of drug-likeness (QED) is 0.671. The largest absolute Gasteiger partial charge is 0.497 e. The van der Waals surface area contributed by atoms with Crippen molar-refractivity contribution in [3.05, 3.63) is 42.0 Å². The summed E-state index contributed by atoms with van der Waals surface area (Å²) in [4.78, 5) is 2.41. The Morgan fingerprint density at radius 1 is 1.29 bits per heavy atom. The van der Waals surface area contributed by atoms with Gasteiger partial charge < -0.3 is 4.74 Å². The number of hydrogen-bond acceptors (Lipinski definition) is 2. The van der Waals surface area contributed by atoms with Gasteiger partial charge in [0.1, 0.15) is 5.75 Å². The van der Waals surface area contributed by atoms with E-state index >= 15 is 0 Å². The second kappa shape index (κ2) is 7.13. The van der Waals surface area contributed by atoms with Crippen LogP contribution in [0.2, 0.25) is 0 Å². The van der Waals surface area contributed by atoms with Gasteiger partial charge in [-0.25, -0.2) is 0 Å². The molecule has 1 aromatic carbocycles. The van der Waals surface area contributed by atoms with Crippen LogP contribution in [-0.4, -0.2) is 31.6 Å². The minimum Gasteiger partial charge on any atom is -0.497 e. The molecule has 2 heteroatoms. The Morgan fingerprint density at radius 2 is 1.94 bits per heavy atom.